The fourth-order valence-electron chi connectivity index (χ4n) is 2.67. The number of nitrogens with one attached hydrogen (secondary N) is 1. The van der Waals surface area contributed by atoms with Crippen LogP contribution in [0.5, 0.6) is 0 Å². The first kappa shape index (κ1) is 15.0. The quantitative estimate of drug-likeness (QED) is 0.876. The van der Waals surface area contributed by atoms with Crippen LogP contribution < -0.4 is 5.32 Å². The standard InChI is InChI=1S/C16H28N2S/c1-16(2,3)17-11-14-9-10-15(19-14)12-18(4)13-7-5-6-8-13/h9-10,13,17H,5-8,11-12H2,1-4H3. The Kier molecular flexibility index (Phi) is 5.04. The van der Waals surface area contributed by atoms with Gasteiger partial charge in [0.25, 0.3) is 0 Å². The molecule has 1 saturated carbocycles. The van der Waals surface area contributed by atoms with E-state index in [-0.39, 0.29) is 5.54 Å². The lowest BCUT2D eigenvalue weighted by Gasteiger charge is -2.23. The summed E-state index contributed by atoms with van der Waals surface area (Å²) in [5, 5.41) is 3.56. The van der Waals surface area contributed by atoms with Crippen LogP contribution in [0.2, 0.25) is 0 Å². The molecule has 0 aromatic carbocycles. The first-order valence-electron chi connectivity index (χ1n) is 7.47. The Balaban J connectivity index is 1.83. The Labute approximate surface area is 122 Å². The average Bonchev–Trinajstić information content (AvgIpc) is 2.96. The zero-order chi connectivity index (χ0) is 13.9. The van der Waals surface area contributed by atoms with Crippen molar-refractivity contribution in [3.8, 4) is 0 Å². The van der Waals surface area contributed by atoms with Crippen LogP contribution in [0.3, 0.4) is 0 Å². The highest BCUT2D eigenvalue weighted by atomic mass is 32.1. The SMILES string of the molecule is CN(Cc1ccc(CNC(C)(C)C)s1)C1CCCC1. The van der Waals surface area contributed by atoms with Crippen LogP contribution >= 0.6 is 11.3 Å². The summed E-state index contributed by atoms with van der Waals surface area (Å²) in [4.78, 5) is 5.49. The van der Waals surface area contributed by atoms with Gasteiger partial charge in [0, 0.05) is 34.4 Å². The van der Waals surface area contributed by atoms with Gasteiger partial charge in [-0.2, -0.15) is 0 Å². The highest BCUT2D eigenvalue weighted by Crippen LogP contribution is 2.25. The molecular weight excluding hydrogens is 252 g/mol. The van der Waals surface area contributed by atoms with Crippen molar-refractivity contribution in [3.63, 3.8) is 0 Å². The van der Waals surface area contributed by atoms with Crippen LogP contribution in [-0.4, -0.2) is 23.5 Å². The summed E-state index contributed by atoms with van der Waals surface area (Å²) in [5.41, 5.74) is 0.199. The van der Waals surface area contributed by atoms with E-state index in [0.29, 0.717) is 0 Å². The summed E-state index contributed by atoms with van der Waals surface area (Å²) >= 11 is 1.96. The second-order valence-electron chi connectivity index (χ2n) is 6.82. The minimum absolute atomic E-state index is 0.199. The van der Waals surface area contributed by atoms with E-state index in [0.717, 1.165) is 19.1 Å². The minimum atomic E-state index is 0.199. The molecule has 0 radical (unpaired) electrons. The second kappa shape index (κ2) is 6.38. The predicted octanol–water partition coefficient (Wildman–Crippen LogP) is 4.01. The van der Waals surface area contributed by atoms with E-state index in [2.05, 4.69) is 50.2 Å². The highest BCUT2D eigenvalue weighted by Gasteiger charge is 2.19. The summed E-state index contributed by atoms with van der Waals surface area (Å²) < 4.78 is 0. The summed E-state index contributed by atoms with van der Waals surface area (Å²) in [5.74, 6) is 0. The van der Waals surface area contributed by atoms with Gasteiger partial charge in [-0.1, -0.05) is 12.8 Å². The molecule has 0 spiro atoms. The first-order chi connectivity index (χ1) is 8.94. The molecule has 1 aromatic heterocycles. The van der Waals surface area contributed by atoms with Gasteiger partial charge in [-0.05, 0) is 52.8 Å². The smallest absolute Gasteiger partial charge is 0.0327 e. The zero-order valence-electron chi connectivity index (χ0n) is 12.8. The van der Waals surface area contributed by atoms with E-state index in [4.69, 9.17) is 0 Å². The number of hydrogen-bond donors (Lipinski definition) is 1. The number of thiophene rings is 1. The van der Waals surface area contributed by atoms with Gasteiger partial charge in [-0.25, -0.2) is 0 Å². The molecule has 1 aromatic rings. The third-order valence-corrected chi connectivity index (χ3v) is 4.93. The number of hydrogen-bond acceptors (Lipinski definition) is 3. The molecule has 3 heteroatoms. The Morgan fingerprint density at radius 3 is 2.47 bits per heavy atom. The van der Waals surface area contributed by atoms with Gasteiger partial charge in [-0.15, -0.1) is 11.3 Å². The van der Waals surface area contributed by atoms with Crippen molar-refractivity contribution >= 4 is 11.3 Å². The molecule has 1 aliphatic rings. The lowest BCUT2D eigenvalue weighted by molar-refractivity contribution is 0.239. The van der Waals surface area contributed by atoms with E-state index in [1.807, 2.05) is 11.3 Å². The molecular formula is C16H28N2S. The van der Waals surface area contributed by atoms with Gasteiger partial charge in [0.05, 0.1) is 0 Å². The van der Waals surface area contributed by atoms with Crippen LogP contribution in [-0.2, 0) is 13.1 Å². The van der Waals surface area contributed by atoms with Gasteiger partial charge >= 0.3 is 0 Å². The molecule has 0 atom stereocenters. The van der Waals surface area contributed by atoms with E-state index in [9.17, 15) is 0 Å². The van der Waals surface area contributed by atoms with Gasteiger partial charge in [0.15, 0.2) is 0 Å². The molecule has 0 bridgehead atoms. The molecule has 1 aliphatic carbocycles. The first-order valence-corrected chi connectivity index (χ1v) is 8.28. The van der Waals surface area contributed by atoms with Crippen LogP contribution in [0.25, 0.3) is 0 Å². The van der Waals surface area contributed by atoms with Crippen molar-refractivity contribution < 1.29 is 0 Å². The van der Waals surface area contributed by atoms with Crippen molar-refractivity contribution in [2.45, 2.75) is 71.1 Å². The Hall–Kier alpha value is -0.380. The number of rotatable bonds is 5. The maximum absolute atomic E-state index is 3.56. The monoisotopic (exact) mass is 280 g/mol. The Morgan fingerprint density at radius 1 is 1.21 bits per heavy atom. The fourth-order valence-corrected chi connectivity index (χ4v) is 3.70. The third kappa shape index (κ3) is 4.90. The fraction of sp³-hybridized carbons (Fsp3) is 0.750. The summed E-state index contributed by atoms with van der Waals surface area (Å²) in [7, 11) is 2.28. The third-order valence-electron chi connectivity index (χ3n) is 3.86. The van der Waals surface area contributed by atoms with Crippen molar-refractivity contribution in [2.24, 2.45) is 0 Å². The van der Waals surface area contributed by atoms with Gasteiger partial charge in [0.1, 0.15) is 0 Å². The van der Waals surface area contributed by atoms with E-state index >= 15 is 0 Å². The van der Waals surface area contributed by atoms with Crippen LogP contribution in [0.4, 0.5) is 0 Å². The van der Waals surface area contributed by atoms with Gasteiger partial charge in [-0.3, -0.25) is 4.90 Å². The molecule has 1 fully saturated rings. The molecule has 2 nitrogen and oxygen atoms in total. The van der Waals surface area contributed by atoms with Crippen LogP contribution in [0, 0.1) is 0 Å². The van der Waals surface area contributed by atoms with E-state index in [1.165, 1.54) is 35.4 Å². The Morgan fingerprint density at radius 2 is 1.84 bits per heavy atom. The summed E-state index contributed by atoms with van der Waals surface area (Å²) in [6, 6.07) is 5.40. The molecule has 108 valence electrons. The summed E-state index contributed by atoms with van der Waals surface area (Å²) in [6.45, 7) is 8.76. The Bertz CT molecular complexity index is 386. The topological polar surface area (TPSA) is 15.3 Å². The molecule has 1 heterocycles. The normalized spacial score (nSPS) is 17.5. The lowest BCUT2D eigenvalue weighted by Crippen LogP contribution is -2.34. The zero-order valence-corrected chi connectivity index (χ0v) is 13.6. The van der Waals surface area contributed by atoms with E-state index in [1.54, 1.807) is 0 Å². The maximum atomic E-state index is 3.56. The number of nitrogens with zero attached hydrogens (tertiary/aromatic N) is 1. The van der Waals surface area contributed by atoms with Crippen molar-refractivity contribution in [3.05, 3.63) is 21.9 Å². The lowest BCUT2D eigenvalue weighted by atomic mass is 10.1. The second-order valence-corrected chi connectivity index (χ2v) is 8.08. The van der Waals surface area contributed by atoms with Gasteiger partial charge in [0.2, 0.25) is 0 Å². The molecule has 0 unspecified atom stereocenters. The van der Waals surface area contributed by atoms with E-state index < -0.39 is 0 Å². The average molecular weight is 280 g/mol. The molecule has 0 saturated heterocycles. The van der Waals surface area contributed by atoms with Crippen LogP contribution in [0.15, 0.2) is 12.1 Å². The highest BCUT2D eigenvalue weighted by molar-refractivity contribution is 7.11. The van der Waals surface area contributed by atoms with Gasteiger partial charge < -0.3 is 5.32 Å². The van der Waals surface area contributed by atoms with Crippen molar-refractivity contribution in [1.82, 2.24) is 10.2 Å². The predicted molar refractivity (Wildman–Crippen MR) is 84.6 cm³/mol. The molecule has 1 N–H and O–H groups in total. The molecule has 19 heavy (non-hydrogen) atoms. The molecule has 0 aliphatic heterocycles. The largest absolute Gasteiger partial charge is 0.307 e. The summed E-state index contributed by atoms with van der Waals surface area (Å²) in [6.07, 6.45) is 5.61. The molecule has 0 amide bonds. The van der Waals surface area contributed by atoms with Crippen LogP contribution in [0.1, 0.15) is 56.2 Å². The van der Waals surface area contributed by atoms with Crippen molar-refractivity contribution in [1.29, 1.82) is 0 Å². The maximum Gasteiger partial charge on any atom is 0.0327 e. The van der Waals surface area contributed by atoms with Crippen molar-refractivity contribution in [2.75, 3.05) is 7.05 Å². The molecule has 2 rings (SSSR count). The minimum Gasteiger partial charge on any atom is -0.307 e.